The highest BCUT2D eigenvalue weighted by atomic mass is 32.2. The van der Waals surface area contributed by atoms with Crippen LogP contribution in [0.1, 0.15) is 23.2 Å². The molecule has 1 aromatic carbocycles. The Labute approximate surface area is 123 Å². The van der Waals surface area contributed by atoms with Crippen LogP contribution in [0.25, 0.3) is 0 Å². The molecule has 1 saturated heterocycles. The second-order valence-corrected chi connectivity index (χ2v) is 6.97. The molecule has 1 N–H and O–H groups in total. The molecule has 2 rings (SSSR count). The first-order valence-corrected chi connectivity index (χ1v) is 8.40. The maximum atomic E-state index is 12.1. The quantitative estimate of drug-likeness (QED) is 0.764. The first kappa shape index (κ1) is 15.9. The SMILES string of the molecule is O=C(O)c1ccc(S(=O)(=O)CCOCC2CCCO2)cc1. The lowest BCUT2D eigenvalue weighted by Gasteiger charge is -2.10. The topological polar surface area (TPSA) is 89.9 Å². The van der Waals surface area contributed by atoms with E-state index in [9.17, 15) is 13.2 Å². The van der Waals surface area contributed by atoms with Gasteiger partial charge >= 0.3 is 5.97 Å². The van der Waals surface area contributed by atoms with Crippen LogP contribution in [0.3, 0.4) is 0 Å². The number of aromatic carboxylic acids is 1. The average molecular weight is 314 g/mol. The Morgan fingerprint density at radius 3 is 2.62 bits per heavy atom. The third kappa shape index (κ3) is 4.52. The molecule has 0 saturated carbocycles. The van der Waals surface area contributed by atoms with Crippen molar-refractivity contribution in [1.29, 1.82) is 0 Å². The van der Waals surface area contributed by atoms with Gasteiger partial charge in [0.25, 0.3) is 0 Å². The number of rotatable bonds is 7. The van der Waals surface area contributed by atoms with Gasteiger partial charge < -0.3 is 14.6 Å². The van der Waals surface area contributed by atoms with Gasteiger partial charge in [0.2, 0.25) is 0 Å². The standard InChI is InChI=1S/C14H18O6S/c15-14(16)11-3-5-13(6-4-11)21(17,18)9-8-19-10-12-2-1-7-20-12/h3-6,12H,1-2,7-10H2,(H,15,16). The van der Waals surface area contributed by atoms with Crippen molar-refractivity contribution >= 4 is 15.8 Å². The molecule has 116 valence electrons. The lowest BCUT2D eigenvalue weighted by molar-refractivity contribution is 0.0223. The number of sulfone groups is 1. The fourth-order valence-corrected chi connectivity index (χ4v) is 3.21. The van der Waals surface area contributed by atoms with Crippen molar-refractivity contribution in [3.05, 3.63) is 29.8 Å². The van der Waals surface area contributed by atoms with Crippen molar-refractivity contribution < 1.29 is 27.8 Å². The van der Waals surface area contributed by atoms with Gasteiger partial charge in [-0.3, -0.25) is 0 Å². The number of benzene rings is 1. The second-order valence-electron chi connectivity index (χ2n) is 4.86. The van der Waals surface area contributed by atoms with Crippen LogP contribution < -0.4 is 0 Å². The van der Waals surface area contributed by atoms with Crippen LogP contribution in [-0.4, -0.2) is 51.2 Å². The molecule has 1 heterocycles. The minimum absolute atomic E-state index is 0.0589. The van der Waals surface area contributed by atoms with E-state index in [4.69, 9.17) is 14.6 Å². The summed E-state index contributed by atoms with van der Waals surface area (Å²) in [6.07, 6.45) is 2.04. The van der Waals surface area contributed by atoms with E-state index in [1.54, 1.807) is 0 Å². The summed E-state index contributed by atoms with van der Waals surface area (Å²) in [5, 5.41) is 8.77. The first-order valence-electron chi connectivity index (χ1n) is 6.74. The zero-order valence-corrected chi connectivity index (χ0v) is 12.3. The van der Waals surface area contributed by atoms with Gasteiger partial charge in [0, 0.05) is 6.61 Å². The molecule has 7 heteroatoms. The highest BCUT2D eigenvalue weighted by molar-refractivity contribution is 7.91. The van der Waals surface area contributed by atoms with E-state index in [1.807, 2.05) is 0 Å². The molecule has 1 unspecified atom stereocenters. The maximum absolute atomic E-state index is 12.1. The molecular formula is C14H18O6S. The van der Waals surface area contributed by atoms with Gasteiger partial charge in [0.1, 0.15) is 0 Å². The van der Waals surface area contributed by atoms with Gasteiger partial charge in [0.15, 0.2) is 9.84 Å². The van der Waals surface area contributed by atoms with Crippen LogP contribution in [0.4, 0.5) is 0 Å². The predicted molar refractivity (Wildman–Crippen MR) is 75.2 cm³/mol. The van der Waals surface area contributed by atoms with E-state index in [1.165, 1.54) is 24.3 Å². The summed E-state index contributed by atoms with van der Waals surface area (Å²) in [6, 6.07) is 5.17. The molecule has 0 radical (unpaired) electrons. The Balaban J connectivity index is 1.84. The van der Waals surface area contributed by atoms with Crippen LogP contribution in [0.15, 0.2) is 29.2 Å². The number of carboxylic acids is 1. The van der Waals surface area contributed by atoms with E-state index in [0.717, 1.165) is 19.4 Å². The Morgan fingerprint density at radius 1 is 1.33 bits per heavy atom. The summed E-state index contributed by atoms with van der Waals surface area (Å²) < 4.78 is 34.8. The van der Waals surface area contributed by atoms with Crippen LogP contribution in [0, 0.1) is 0 Å². The lowest BCUT2D eigenvalue weighted by Crippen LogP contribution is -2.18. The van der Waals surface area contributed by atoms with Gasteiger partial charge in [-0.25, -0.2) is 13.2 Å². The Bertz CT molecular complexity index is 572. The molecule has 1 aliphatic heterocycles. The zero-order chi connectivity index (χ0) is 15.3. The molecule has 0 amide bonds. The molecule has 1 aliphatic rings. The number of carboxylic acid groups (broad SMARTS) is 1. The molecule has 1 aromatic rings. The Morgan fingerprint density at radius 2 is 2.05 bits per heavy atom. The van der Waals surface area contributed by atoms with Gasteiger partial charge in [-0.1, -0.05) is 0 Å². The zero-order valence-electron chi connectivity index (χ0n) is 11.5. The molecule has 0 spiro atoms. The second kappa shape index (κ2) is 7.02. The molecule has 0 bridgehead atoms. The molecule has 0 aromatic heterocycles. The predicted octanol–water partition coefficient (Wildman–Crippen LogP) is 1.35. The molecule has 6 nitrogen and oxygen atoms in total. The lowest BCUT2D eigenvalue weighted by atomic mass is 10.2. The molecule has 1 atom stereocenters. The van der Waals surface area contributed by atoms with Crippen molar-refractivity contribution in [2.24, 2.45) is 0 Å². The minimum atomic E-state index is -3.46. The average Bonchev–Trinajstić information content (AvgIpc) is 2.97. The van der Waals surface area contributed by atoms with Gasteiger partial charge in [-0.15, -0.1) is 0 Å². The normalized spacial score (nSPS) is 18.8. The van der Waals surface area contributed by atoms with Crippen molar-refractivity contribution in [2.75, 3.05) is 25.6 Å². The fourth-order valence-electron chi connectivity index (χ4n) is 2.08. The van der Waals surface area contributed by atoms with Crippen molar-refractivity contribution in [1.82, 2.24) is 0 Å². The molecule has 0 aliphatic carbocycles. The van der Waals surface area contributed by atoms with Gasteiger partial charge in [-0.05, 0) is 37.1 Å². The third-order valence-electron chi connectivity index (χ3n) is 3.28. The number of ether oxygens (including phenoxy) is 2. The van der Waals surface area contributed by atoms with Crippen molar-refractivity contribution in [3.63, 3.8) is 0 Å². The van der Waals surface area contributed by atoms with Crippen molar-refractivity contribution in [2.45, 2.75) is 23.8 Å². The van der Waals surface area contributed by atoms with E-state index in [2.05, 4.69) is 0 Å². The van der Waals surface area contributed by atoms with E-state index < -0.39 is 15.8 Å². The summed E-state index contributed by atoms with van der Waals surface area (Å²) in [4.78, 5) is 10.8. The minimum Gasteiger partial charge on any atom is -0.478 e. The summed E-state index contributed by atoms with van der Waals surface area (Å²) in [5.41, 5.74) is 0.0589. The monoisotopic (exact) mass is 314 g/mol. The number of hydrogen-bond donors (Lipinski definition) is 1. The Kier molecular flexibility index (Phi) is 5.33. The molecule has 1 fully saturated rings. The molecular weight excluding hydrogens is 296 g/mol. The van der Waals surface area contributed by atoms with E-state index in [-0.39, 0.29) is 28.9 Å². The van der Waals surface area contributed by atoms with E-state index >= 15 is 0 Å². The highest BCUT2D eigenvalue weighted by Crippen LogP contribution is 2.14. The summed E-state index contributed by atoms with van der Waals surface area (Å²) in [6.45, 7) is 1.25. The van der Waals surface area contributed by atoms with Crippen LogP contribution in [0.2, 0.25) is 0 Å². The highest BCUT2D eigenvalue weighted by Gasteiger charge is 2.18. The number of carbonyl (C=O) groups is 1. The molecule has 21 heavy (non-hydrogen) atoms. The fraction of sp³-hybridized carbons (Fsp3) is 0.500. The summed E-state index contributed by atoms with van der Waals surface area (Å²) in [5.74, 6) is -1.22. The Hall–Kier alpha value is -1.44. The largest absolute Gasteiger partial charge is 0.478 e. The van der Waals surface area contributed by atoms with Crippen LogP contribution in [-0.2, 0) is 19.3 Å². The maximum Gasteiger partial charge on any atom is 0.335 e. The smallest absolute Gasteiger partial charge is 0.335 e. The van der Waals surface area contributed by atoms with Crippen LogP contribution >= 0.6 is 0 Å². The van der Waals surface area contributed by atoms with Crippen molar-refractivity contribution in [3.8, 4) is 0 Å². The summed E-state index contributed by atoms with van der Waals surface area (Å²) >= 11 is 0. The van der Waals surface area contributed by atoms with Crippen LogP contribution in [0.5, 0.6) is 0 Å². The van der Waals surface area contributed by atoms with Gasteiger partial charge in [0.05, 0.1) is 35.5 Å². The van der Waals surface area contributed by atoms with E-state index in [0.29, 0.717) is 6.61 Å². The summed E-state index contributed by atoms with van der Waals surface area (Å²) in [7, 11) is -3.46. The number of hydrogen-bond acceptors (Lipinski definition) is 5. The third-order valence-corrected chi connectivity index (χ3v) is 4.98. The first-order chi connectivity index (χ1) is 9.99. The van der Waals surface area contributed by atoms with Gasteiger partial charge in [-0.2, -0.15) is 0 Å².